The summed E-state index contributed by atoms with van der Waals surface area (Å²) >= 11 is 4.52. The second kappa shape index (κ2) is 4.71. The summed E-state index contributed by atoms with van der Waals surface area (Å²) < 4.78 is 0. The van der Waals surface area contributed by atoms with E-state index >= 15 is 0 Å². The molecule has 0 spiro atoms. The number of rotatable bonds is 3. The molecule has 0 N–H and O–H groups in total. The monoisotopic (exact) mass is 194 g/mol. The van der Waals surface area contributed by atoms with E-state index in [1.807, 2.05) is 0 Å². The Morgan fingerprint density at radius 1 is 1.38 bits per heavy atom. The van der Waals surface area contributed by atoms with Crippen molar-refractivity contribution in [3.05, 3.63) is 34.9 Å². The molecule has 0 heterocycles. The highest BCUT2D eigenvalue weighted by molar-refractivity contribution is 7.80. The topological polar surface area (TPSA) is 0 Å². The van der Waals surface area contributed by atoms with Crippen molar-refractivity contribution in [1.82, 2.24) is 0 Å². The SMILES string of the molecule is CCCc1cccc(C)c1C(C)S. The molecule has 0 aliphatic heterocycles. The quantitative estimate of drug-likeness (QED) is 0.692. The second-order valence-corrected chi connectivity index (χ2v) is 4.35. The van der Waals surface area contributed by atoms with Gasteiger partial charge in [0, 0.05) is 5.25 Å². The van der Waals surface area contributed by atoms with E-state index < -0.39 is 0 Å². The highest BCUT2D eigenvalue weighted by Crippen LogP contribution is 2.27. The first kappa shape index (κ1) is 10.6. The molecule has 0 fully saturated rings. The lowest BCUT2D eigenvalue weighted by Gasteiger charge is -2.14. The molecule has 0 saturated carbocycles. The first-order chi connectivity index (χ1) is 6.16. The fourth-order valence-corrected chi connectivity index (χ4v) is 2.20. The van der Waals surface area contributed by atoms with E-state index in [0.717, 1.165) is 0 Å². The molecule has 1 unspecified atom stereocenters. The van der Waals surface area contributed by atoms with E-state index in [2.05, 4.69) is 51.6 Å². The van der Waals surface area contributed by atoms with E-state index in [0.29, 0.717) is 5.25 Å². The summed E-state index contributed by atoms with van der Waals surface area (Å²) in [5, 5.41) is 0.350. The minimum absolute atomic E-state index is 0.350. The van der Waals surface area contributed by atoms with Gasteiger partial charge in [0.15, 0.2) is 0 Å². The van der Waals surface area contributed by atoms with Crippen LogP contribution < -0.4 is 0 Å². The Morgan fingerprint density at radius 3 is 2.62 bits per heavy atom. The van der Waals surface area contributed by atoms with E-state index in [9.17, 15) is 0 Å². The molecule has 0 aliphatic carbocycles. The Kier molecular flexibility index (Phi) is 3.86. The lowest BCUT2D eigenvalue weighted by Crippen LogP contribution is -1.97. The highest BCUT2D eigenvalue weighted by atomic mass is 32.1. The zero-order valence-corrected chi connectivity index (χ0v) is 9.57. The molecule has 0 radical (unpaired) electrons. The van der Waals surface area contributed by atoms with Crippen LogP contribution in [0.2, 0.25) is 0 Å². The van der Waals surface area contributed by atoms with Gasteiger partial charge in [-0.15, -0.1) is 0 Å². The summed E-state index contributed by atoms with van der Waals surface area (Å²) in [6.45, 7) is 6.53. The van der Waals surface area contributed by atoms with Crippen LogP contribution in [0.15, 0.2) is 18.2 Å². The van der Waals surface area contributed by atoms with Gasteiger partial charge in [-0.25, -0.2) is 0 Å². The molecular weight excluding hydrogens is 176 g/mol. The van der Waals surface area contributed by atoms with Crippen LogP contribution in [-0.2, 0) is 6.42 Å². The first-order valence-corrected chi connectivity index (χ1v) is 5.45. The molecule has 0 saturated heterocycles. The Morgan fingerprint density at radius 2 is 2.08 bits per heavy atom. The summed E-state index contributed by atoms with van der Waals surface area (Å²) in [4.78, 5) is 0. The Balaban J connectivity index is 3.10. The summed E-state index contributed by atoms with van der Waals surface area (Å²) in [5.41, 5.74) is 4.26. The first-order valence-electron chi connectivity index (χ1n) is 4.93. The van der Waals surface area contributed by atoms with Crippen molar-refractivity contribution in [1.29, 1.82) is 0 Å². The average Bonchev–Trinajstić information content (AvgIpc) is 2.04. The fraction of sp³-hybridized carbons (Fsp3) is 0.500. The van der Waals surface area contributed by atoms with Crippen LogP contribution in [0.25, 0.3) is 0 Å². The van der Waals surface area contributed by atoms with Crippen molar-refractivity contribution in [3.8, 4) is 0 Å². The predicted molar refractivity (Wildman–Crippen MR) is 62.6 cm³/mol. The minimum atomic E-state index is 0.350. The maximum absolute atomic E-state index is 4.52. The van der Waals surface area contributed by atoms with E-state index in [4.69, 9.17) is 0 Å². The summed E-state index contributed by atoms with van der Waals surface area (Å²) in [6, 6.07) is 6.53. The molecule has 0 aliphatic rings. The molecule has 1 rings (SSSR count). The second-order valence-electron chi connectivity index (χ2n) is 3.57. The number of thiol groups is 1. The molecule has 1 aromatic carbocycles. The van der Waals surface area contributed by atoms with Gasteiger partial charge in [0.2, 0.25) is 0 Å². The molecule has 0 aromatic heterocycles. The van der Waals surface area contributed by atoms with Gasteiger partial charge in [0.25, 0.3) is 0 Å². The number of hydrogen-bond acceptors (Lipinski definition) is 1. The maximum Gasteiger partial charge on any atom is 0.0244 e. The van der Waals surface area contributed by atoms with E-state index in [1.165, 1.54) is 29.5 Å². The third-order valence-corrected chi connectivity index (χ3v) is 2.61. The van der Waals surface area contributed by atoms with Gasteiger partial charge >= 0.3 is 0 Å². The van der Waals surface area contributed by atoms with Crippen molar-refractivity contribution in [2.45, 2.75) is 38.9 Å². The molecule has 0 amide bonds. The van der Waals surface area contributed by atoms with Gasteiger partial charge in [-0.3, -0.25) is 0 Å². The molecule has 1 aromatic rings. The number of benzene rings is 1. The smallest absolute Gasteiger partial charge is 0.0244 e. The van der Waals surface area contributed by atoms with E-state index in [-0.39, 0.29) is 0 Å². The summed E-state index contributed by atoms with van der Waals surface area (Å²) in [7, 11) is 0. The lowest BCUT2D eigenvalue weighted by molar-refractivity contribution is 0.891. The van der Waals surface area contributed by atoms with Gasteiger partial charge < -0.3 is 0 Å². The maximum atomic E-state index is 4.52. The van der Waals surface area contributed by atoms with Crippen LogP contribution in [0, 0.1) is 6.92 Å². The lowest BCUT2D eigenvalue weighted by atomic mass is 9.96. The third kappa shape index (κ3) is 2.50. The van der Waals surface area contributed by atoms with Crippen molar-refractivity contribution in [2.75, 3.05) is 0 Å². The zero-order chi connectivity index (χ0) is 9.84. The fourth-order valence-electron chi connectivity index (χ4n) is 1.83. The Bertz CT molecular complexity index is 276. The van der Waals surface area contributed by atoms with Crippen LogP contribution >= 0.6 is 12.6 Å². The minimum Gasteiger partial charge on any atom is -0.171 e. The molecule has 1 atom stereocenters. The summed E-state index contributed by atoms with van der Waals surface area (Å²) in [5.74, 6) is 0. The molecule has 72 valence electrons. The van der Waals surface area contributed by atoms with Crippen molar-refractivity contribution in [3.63, 3.8) is 0 Å². The largest absolute Gasteiger partial charge is 0.171 e. The van der Waals surface area contributed by atoms with Gasteiger partial charge in [-0.2, -0.15) is 12.6 Å². The van der Waals surface area contributed by atoms with Gasteiger partial charge in [-0.1, -0.05) is 31.5 Å². The van der Waals surface area contributed by atoms with Crippen molar-refractivity contribution in [2.24, 2.45) is 0 Å². The van der Waals surface area contributed by atoms with Crippen LogP contribution in [0.3, 0.4) is 0 Å². The standard InChI is InChI=1S/C12H18S/c1-4-6-11-8-5-7-9(2)12(11)10(3)13/h5,7-8,10,13H,4,6H2,1-3H3. The molecular formula is C12H18S. The zero-order valence-electron chi connectivity index (χ0n) is 8.67. The Labute approximate surface area is 86.8 Å². The normalized spacial score (nSPS) is 12.9. The van der Waals surface area contributed by atoms with Crippen LogP contribution in [-0.4, -0.2) is 0 Å². The van der Waals surface area contributed by atoms with Crippen molar-refractivity contribution < 1.29 is 0 Å². The average molecular weight is 194 g/mol. The molecule has 13 heavy (non-hydrogen) atoms. The van der Waals surface area contributed by atoms with Crippen LogP contribution in [0.1, 0.15) is 42.2 Å². The predicted octanol–water partition coefficient (Wildman–Crippen LogP) is 3.94. The Hall–Kier alpha value is -0.430. The van der Waals surface area contributed by atoms with E-state index in [1.54, 1.807) is 0 Å². The molecule has 0 bridgehead atoms. The van der Waals surface area contributed by atoms with Gasteiger partial charge in [0.05, 0.1) is 0 Å². The van der Waals surface area contributed by atoms with Gasteiger partial charge in [0.1, 0.15) is 0 Å². The third-order valence-electron chi connectivity index (χ3n) is 2.35. The van der Waals surface area contributed by atoms with Gasteiger partial charge in [-0.05, 0) is 37.0 Å². The molecule has 1 heteroatoms. The summed E-state index contributed by atoms with van der Waals surface area (Å²) in [6.07, 6.45) is 2.37. The van der Waals surface area contributed by atoms with Crippen LogP contribution in [0.5, 0.6) is 0 Å². The number of aryl methyl sites for hydroxylation is 2. The highest BCUT2D eigenvalue weighted by Gasteiger charge is 2.08. The van der Waals surface area contributed by atoms with Crippen LogP contribution in [0.4, 0.5) is 0 Å². The van der Waals surface area contributed by atoms with Crippen molar-refractivity contribution >= 4 is 12.6 Å². The number of hydrogen-bond donors (Lipinski definition) is 1. The molecule has 0 nitrogen and oxygen atoms in total.